The first kappa shape index (κ1) is 15.0. The number of imidazole rings is 1. The van der Waals surface area contributed by atoms with Crippen LogP contribution in [0.2, 0.25) is 0 Å². The molecule has 0 bridgehead atoms. The summed E-state index contributed by atoms with van der Waals surface area (Å²) in [5.74, 6) is 0. The lowest BCUT2D eigenvalue weighted by atomic mass is 10.2. The van der Waals surface area contributed by atoms with Gasteiger partial charge in [0.2, 0.25) is 0 Å². The molecule has 0 unspecified atom stereocenters. The van der Waals surface area contributed by atoms with Crippen LogP contribution in [-0.4, -0.2) is 16.0 Å². The van der Waals surface area contributed by atoms with Gasteiger partial charge in [0.1, 0.15) is 3.70 Å². The predicted molar refractivity (Wildman–Crippen MR) is 63.2 cm³/mol. The van der Waals surface area contributed by atoms with Gasteiger partial charge in [-0.1, -0.05) is 0 Å². The molecular weight excluding hydrogens is 312 g/mol. The van der Waals surface area contributed by atoms with Crippen LogP contribution in [0, 0.1) is 3.70 Å². The van der Waals surface area contributed by atoms with E-state index in [1.54, 1.807) is 6.33 Å². The lowest BCUT2D eigenvalue weighted by molar-refractivity contribution is 0.723. The Morgan fingerprint density at radius 2 is 2.25 bits per heavy atom. The molecule has 0 aliphatic rings. The fourth-order valence-corrected chi connectivity index (χ4v) is 1.28. The zero-order valence-electron chi connectivity index (χ0n) is 6.58. The Kier molecular flexibility index (Phi) is 8.66. The minimum atomic E-state index is 0. The summed E-state index contributed by atoms with van der Waals surface area (Å²) in [5, 5.41) is 0. The number of aromatic nitrogens is 2. The van der Waals surface area contributed by atoms with E-state index in [9.17, 15) is 0 Å². The van der Waals surface area contributed by atoms with E-state index in [4.69, 9.17) is 5.73 Å². The summed E-state index contributed by atoms with van der Waals surface area (Å²) in [4.78, 5) is 7.08. The summed E-state index contributed by atoms with van der Waals surface area (Å²) in [6, 6.07) is 0.203. The molecule has 1 aromatic rings. The molecule has 6 heteroatoms. The molecule has 12 heavy (non-hydrogen) atoms. The highest BCUT2D eigenvalue weighted by Crippen LogP contribution is 2.07. The Bertz CT molecular complexity index is 214. The zero-order chi connectivity index (χ0) is 7.56. The number of nitrogens with two attached hydrogens (primary N) is 1. The van der Waals surface area contributed by atoms with Crippen LogP contribution in [0.1, 0.15) is 12.6 Å². The van der Waals surface area contributed by atoms with Crippen molar-refractivity contribution >= 4 is 47.4 Å². The van der Waals surface area contributed by atoms with Crippen molar-refractivity contribution in [1.29, 1.82) is 0 Å². The van der Waals surface area contributed by atoms with Gasteiger partial charge in [-0.05, 0) is 29.5 Å². The van der Waals surface area contributed by atoms with Crippen molar-refractivity contribution in [1.82, 2.24) is 9.97 Å². The van der Waals surface area contributed by atoms with Crippen molar-refractivity contribution in [2.24, 2.45) is 5.73 Å². The molecule has 1 rings (SSSR count). The van der Waals surface area contributed by atoms with Crippen LogP contribution in [0.5, 0.6) is 0 Å². The third-order valence-corrected chi connectivity index (χ3v) is 2.12. The quantitative estimate of drug-likeness (QED) is 0.815. The van der Waals surface area contributed by atoms with Gasteiger partial charge in [0.15, 0.2) is 0 Å². The third-order valence-electron chi connectivity index (χ3n) is 1.19. The summed E-state index contributed by atoms with van der Waals surface area (Å²) in [5.41, 5.74) is 6.74. The van der Waals surface area contributed by atoms with Crippen molar-refractivity contribution in [3.05, 3.63) is 15.7 Å². The van der Waals surface area contributed by atoms with Gasteiger partial charge in [0, 0.05) is 18.2 Å². The molecule has 3 nitrogen and oxygen atoms in total. The lowest BCUT2D eigenvalue weighted by Crippen LogP contribution is -2.18. The Balaban J connectivity index is 0. The molecule has 0 saturated heterocycles. The van der Waals surface area contributed by atoms with Crippen LogP contribution in [0.3, 0.4) is 0 Å². The third kappa shape index (κ3) is 4.49. The van der Waals surface area contributed by atoms with Crippen molar-refractivity contribution in [3.8, 4) is 0 Å². The molecule has 72 valence electrons. The highest BCUT2D eigenvalue weighted by molar-refractivity contribution is 14.1. The van der Waals surface area contributed by atoms with Crippen LogP contribution in [0.4, 0.5) is 0 Å². The maximum absolute atomic E-state index is 5.60. The van der Waals surface area contributed by atoms with Gasteiger partial charge in [-0.15, -0.1) is 24.8 Å². The van der Waals surface area contributed by atoms with Crippen LogP contribution >= 0.6 is 47.4 Å². The largest absolute Gasteiger partial charge is 0.348 e. The molecule has 0 spiro atoms. The van der Waals surface area contributed by atoms with Gasteiger partial charge >= 0.3 is 0 Å². The van der Waals surface area contributed by atoms with Crippen LogP contribution in [0.15, 0.2) is 6.33 Å². The Hall–Kier alpha value is 0.480. The summed E-state index contributed by atoms with van der Waals surface area (Å²) >= 11 is 2.19. The van der Waals surface area contributed by atoms with E-state index in [-0.39, 0.29) is 30.9 Å². The first-order chi connectivity index (χ1) is 4.70. The fourth-order valence-electron chi connectivity index (χ4n) is 0.769. The molecule has 0 aliphatic carbocycles. The number of hydrogen-bond acceptors (Lipinski definition) is 2. The lowest BCUT2D eigenvalue weighted by Gasteiger charge is -2.01. The van der Waals surface area contributed by atoms with Gasteiger partial charge in [0.05, 0.1) is 6.33 Å². The second kappa shape index (κ2) is 6.94. The van der Waals surface area contributed by atoms with Gasteiger partial charge in [-0.25, -0.2) is 4.98 Å². The zero-order valence-corrected chi connectivity index (χ0v) is 10.4. The maximum atomic E-state index is 5.60. The van der Waals surface area contributed by atoms with E-state index in [1.165, 1.54) is 0 Å². The predicted octanol–water partition coefficient (Wildman–Crippen LogP) is 1.75. The van der Waals surface area contributed by atoms with E-state index >= 15 is 0 Å². The second-order valence-corrected chi connectivity index (χ2v) is 3.38. The number of rotatable bonds is 2. The SMILES string of the molecule is C[C@@H](N)Cc1[nH]cnc1I.Cl.Cl. The molecule has 1 aromatic heterocycles. The Morgan fingerprint density at radius 3 is 2.58 bits per heavy atom. The van der Waals surface area contributed by atoms with Crippen molar-refractivity contribution in [2.75, 3.05) is 0 Å². The summed E-state index contributed by atoms with van der Waals surface area (Å²) in [6.45, 7) is 1.98. The maximum Gasteiger partial charge on any atom is 0.122 e. The molecule has 3 N–H and O–H groups in total. The first-order valence-corrected chi connectivity index (χ1v) is 4.21. The van der Waals surface area contributed by atoms with Crippen molar-refractivity contribution in [3.63, 3.8) is 0 Å². The first-order valence-electron chi connectivity index (χ1n) is 3.13. The summed E-state index contributed by atoms with van der Waals surface area (Å²) in [7, 11) is 0. The molecule has 0 fully saturated rings. The molecule has 0 radical (unpaired) electrons. The summed E-state index contributed by atoms with van der Waals surface area (Å²) in [6.07, 6.45) is 2.57. The molecular formula is C6H12Cl2IN3. The number of nitrogens with one attached hydrogen (secondary N) is 1. The number of H-pyrrole nitrogens is 1. The van der Waals surface area contributed by atoms with Gasteiger partial charge < -0.3 is 10.7 Å². The number of hydrogen-bond donors (Lipinski definition) is 2. The molecule has 1 atom stereocenters. The monoisotopic (exact) mass is 323 g/mol. The number of nitrogens with zero attached hydrogens (tertiary/aromatic N) is 1. The molecule has 0 saturated carbocycles. The molecule has 0 amide bonds. The van der Waals surface area contributed by atoms with Crippen molar-refractivity contribution < 1.29 is 0 Å². The average molecular weight is 324 g/mol. The smallest absolute Gasteiger partial charge is 0.122 e. The highest BCUT2D eigenvalue weighted by atomic mass is 127. The summed E-state index contributed by atoms with van der Waals surface area (Å²) < 4.78 is 1.02. The molecule has 0 aromatic carbocycles. The Morgan fingerprint density at radius 1 is 1.67 bits per heavy atom. The van der Waals surface area contributed by atoms with Crippen LogP contribution in [0.25, 0.3) is 0 Å². The Labute approximate surface area is 97.9 Å². The van der Waals surface area contributed by atoms with E-state index in [1.807, 2.05) is 6.92 Å². The van der Waals surface area contributed by atoms with Crippen LogP contribution in [-0.2, 0) is 6.42 Å². The van der Waals surface area contributed by atoms with Crippen LogP contribution < -0.4 is 5.73 Å². The number of halogens is 3. The highest BCUT2D eigenvalue weighted by Gasteiger charge is 2.03. The van der Waals surface area contributed by atoms with E-state index in [0.717, 1.165) is 15.8 Å². The van der Waals surface area contributed by atoms with Gasteiger partial charge in [-0.2, -0.15) is 0 Å². The number of aromatic amines is 1. The molecule has 0 aliphatic heterocycles. The van der Waals surface area contributed by atoms with E-state index in [0.29, 0.717) is 0 Å². The molecule has 1 heterocycles. The van der Waals surface area contributed by atoms with Gasteiger partial charge in [-0.3, -0.25) is 0 Å². The van der Waals surface area contributed by atoms with Crippen molar-refractivity contribution in [2.45, 2.75) is 19.4 Å². The minimum Gasteiger partial charge on any atom is -0.348 e. The fraction of sp³-hybridized carbons (Fsp3) is 0.500. The van der Waals surface area contributed by atoms with Gasteiger partial charge in [0.25, 0.3) is 0 Å². The standard InChI is InChI=1S/C6H10IN3.2ClH/c1-4(8)2-5-6(7)10-3-9-5;;/h3-4H,2,8H2,1H3,(H,9,10);2*1H/t4-;;/m1../s1. The average Bonchev–Trinajstić information content (AvgIpc) is 2.15. The van der Waals surface area contributed by atoms with E-state index in [2.05, 4.69) is 32.6 Å². The minimum absolute atomic E-state index is 0. The normalized spacial score (nSPS) is 11.2. The topological polar surface area (TPSA) is 54.7 Å². The van der Waals surface area contributed by atoms with E-state index < -0.39 is 0 Å². The second-order valence-electron chi connectivity index (χ2n) is 2.35.